The van der Waals surface area contributed by atoms with E-state index in [1.165, 1.54) is 10.6 Å². The second-order valence-corrected chi connectivity index (χ2v) is 6.68. The number of nitrogens with zero attached hydrogens (tertiary/aromatic N) is 3. The van der Waals surface area contributed by atoms with Crippen molar-refractivity contribution < 1.29 is 18.0 Å². The molecule has 2 aromatic heterocycles. The van der Waals surface area contributed by atoms with Gasteiger partial charge in [-0.1, -0.05) is 0 Å². The van der Waals surface area contributed by atoms with Crippen LogP contribution in [-0.4, -0.2) is 20.5 Å². The van der Waals surface area contributed by atoms with Gasteiger partial charge in [0.15, 0.2) is 11.5 Å². The summed E-state index contributed by atoms with van der Waals surface area (Å²) in [4.78, 5) is 12.4. The minimum Gasteiger partial charge on any atom is -0.349 e. The van der Waals surface area contributed by atoms with Crippen LogP contribution in [0.1, 0.15) is 37.1 Å². The highest BCUT2D eigenvalue weighted by molar-refractivity contribution is 5.79. The molecule has 0 atom stereocenters. The van der Waals surface area contributed by atoms with Crippen molar-refractivity contribution >= 4 is 11.6 Å². The largest absolute Gasteiger partial charge is 0.416 e. The zero-order valence-electron chi connectivity index (χ0n) is 12.9. The maximum Gasteiger partial charge on any atom is 0.416 e. The number of amides is 1. The summed E-state index contributed by atoms with van der Waals surface area (Å²) in [6.07, 6.45) is 1.33. The van der Waals surface area contributed by atoms with Crippen LogP contribution in [0.15, 0.2) is 18.3 Å². The first kappa shape index (κ1) is 15.4. The monoisotopic (exact) mass is 338 g/mol. The lowest BCUT2D eigenvalue weighted by molar-refractivity contribution is -0.137. The van der Waals surface area contributed by atoms with E-state index in [0.717, 1.165) is 37.8 Å². The predicted molar refractivity (Wildman–Crippen MR) is 78.8 cm³/mol. The van der Waals surface area contributed by atoms with Crippen LogP contribution in [0, 0.1) is 17.8 Å². The number of carbonyl (C=O) groups excluding carboxylic acids is 1. The molecule has 2 aromatic rings. The average molecular weight is 338 g/mol. The van der Waals surface area contributed by atoms with Crippen molar-refractivity contribution in [1.29, 1.82) is 0 Å². The van der Waals surface area contributed by atoms with Crippen LogP contribution in [-0.2, 0) is 17.5 Å². The highest BCUT2D eigenvalue weighted by atomic mass is 19.4. The molecule has 0 unspecified atom stereocenters. The molecule has 2 aliphatic carbocycles. The number of hydrogen-bond acceptors (Lipinski definition) is 3. The topological polar surface area (TPSA) is 59.3 Å². The molecular formula is C16H17F3N4O. The summed E-state index contributed by atoms with van der Waals surface area (Å²) in [5.41, 5.74) is -0.643. The summed E-state index contributed by atoms with van der Waals surface area (Å²) in [5, 5.41) is 10.6. The maximum absolute atomic E-state index is 12.7. The molecular weight excluding hydrogens is 321 g/mol. The molecule has 1 amide bonds. The number of carbonyl (C=O) groups is 1. The van der Waals surface area contributed by atoms with Gasteiger partial charge in [0.2, 0.25) is 5.91 Å². The van der Waals surface area contributed by atoms with Gasteiger partial charge in [-0.25, -0.2) is 0 Å². The molecule has 2 heterocycles. The van der Waals surface area contributed by atoms with Gasteiger partial charge in [-0.3, -0.25) is 9.20 Å². The van der Waals surface area contributed by atoms with Gasteiger partial charge in [-0.2, -0.15) is 13.2 Å². The third kappa shape index (κ3) is 2.97. The van der Waals surface area contributed by atoms with E-state index >= 15 is 0 Å². The Hall–Kier alpha value is -2.12. The van der Waals surface area contributed by atoms with Crippen molar-refractivity contribution in [2.24, 2.45) is 17.8 Å². The van der Waals surface area contributed by atoms with E-state index in [1.54, 1.807) is 0 Å². The second-order valence-electron chi connectivity index (χ2n) is 6.68. The normalized spacial score (nSPS) is 18.3. The Labute approximate surface area is 136 Å². The highest BCUT2D eigenvalue weighted by Gasteiger charge is 2.45. The first-order chi connectivity index (χ1) is 11.4. The molecule has 0 saturated heterocycles. The van der Waals surface area contributed by atoms with E-state index < -0.39 is 11.7 Å². The number of aromatic nitrogens is 3. The first-order valence-electron chi connectivity index (χ1n) is 8.12. The summed E-state index contributed by atoms with van der Waals surface area (Å²) in [6, 6.07) is 1.94. The van der Waals surface area contributed by atoms with E-state index in [2.05, 4.69) is 15.5 Å². The van der Waals surface area contributed by atoms with Gasteiger partial charge in [0.1, 0.15) is 0 Å². The molecule has 0 radical (unpaired) electrons. The molecule has 1 N–H and O–H groups in total. The van der Waals surface area contributed by atoms with E-state index in [1.807, 2.05) is 0 Å². The van der Waals surface area contributed by atoms with Crippen LogP contribution in [0.5, 0.6) is 0 Å². The number of pyridine rings is 1. The molecule has 0 spiro atoms. The number of nitrogens with one attached hydrogen (secondary N) is 1. The van der Waals surface area contributed by atoms with Crippen LogP contribution in [0.4, 0.5) is 13.2 Å². The van der Waals surface area contributed by atoms with Gasteiger partial charge in [0, 0.05) is 12.1 Å². The zero-order valence-corrected chi connectivity index (χ0v) is 12.9. The van der Waals surface area contributed by atoms with Gasteiger partial charge in [-0.15, -0.1) is 10.2 Å². The minimum absolute atomic E-state index is 0.0312. The highest BCUT2D eigenvalue weighted by Crippen LogP contribution is 2.49. The Morgan fingerprint density at radius 2 is 1.92 bits per heavy atom. The minimum atomic E-state index is -4.41. The van der Waals surface area contributed by atoms with Crippen LogP contribution in [0.25, 0.3) is 5.65 Å². The quantitative estimate of drug-likeness (QED) is 0.912. The molecule has 128 valence electrons. The number of alkyl halides is 3. The second kappa shape index (κ2) is 5.46. The SMILES string of the molecule is O=C(NCc1nnc2cc(C(F)(F)F)ccn12)C(C1CC1)C1CC1. The fourth-order valence-corrected chi connectivity index (χ4v) is 3.24. The van der Waals surface area contributed by atoms with E-state index in [9.17, 15) is 18.0 Å². The summed E-state index contributed by atoms with van der Waals surface area (Å²) in [5.74, 6) is 1.55. The Balaban J connectivity index is 1.47. The molecule has 2 fully saturated rings. The molecule has 0 aliphatic heterocycles. The van der Waals surface area contributed by atoms with Crippen LogP contribution in [0.3, 0.4) is 0 Å². The van der Waals surface area contributed by atoms with Crippen molar-refractivity contribution in [3.63, 3.8) is 0 Å². The Kier molecular flexibility index (Phi) is 3.51. The van der Waals surface area contributed by atoms with Gasteiger partial charge in [0.05, 0.1) is 12.1 Å². The Bertz CT molecular complexity index is 765. The molecule has 0 bridgehead atoms. The average Bonchev–Trinajstić information content (AvgIpc) is 3.45. The molecule has 2 saturated carbocycles. The van der Waals surface area contributed by atoms with E-state index in [-0.39, 0.29) is 24.0 Å². The molecule has 5 nitrogen and oxygen atoms in total. The van der Waals surface area contributed by atoms with Crippen molar-refractivity contribution in [2.75, 3.05) is 0 Å². The van der Waals surface area contributed by atoms with Crippen molar-refractivity contribution in [3.8, 4) is 0 Å². The third-order valence-corrected chi connectivity index (χ3v) is 4.79. The van der Waals surface area contributed by atoms with Crippen molar-refractivity contribution in [3.05, 3.63) is 29.7 Å². The number of fused-ring (bicyclic) bond motifs is 1. The number of hydrogen-bond donors (Lipinski definition) is 1. The lowest BCUT2D eigenvalue weighted by atomic mass is 9.97. The summed E-state index contributed by atoms with van der Waals surface area (Å²) in [6.45, 7) is 0.168. The molecule has 8 heteroatoms. The lowest BCUT2D eigenvalue weighted by Gasteiger charge is -2.14. The molecule has 24 heavy (non-hydrogen) atoms. The third-order valence-electron chi connectivity index (χ3n) is 4.79. The number of rotatable bonds is 5. The van der Waals surface area contributed by atoms with Crippen molar-refractivity contribution in [2.45, 2.75) is 38.4 Å². The van der Waals surface area contributed by atoms with E-state index in [0.29, 0.717) is 17.7 Å². The predicted octanol–water partition coefficient (Wildman–Crippen LogP) is 2.80. The standard InChI is InChI=1S/C16H17F3N4O/c17-16(18,19)11-5-6-23-12(7-11)21-22-13(23)8-20-15(24)14(9-1-2-9)10-3-4-10/h5-7,9-10,14H,1-4,8H2,(H,20,24). The van der Waals surface area contributed by atoms with Gasteiger partial charge in [0.25, 0.3) is 0 Å². The fourth-order valence-electron chi connectivity index (χ4n) is 3.24. The van der Waals surface area contributed by atoms with Gasteiger partial charge < -0.3 is 5.32 Å². The smallest absolute Gasteiger partial charge is 0.349 e. The first-order valence-corrected chi connectivity index (χ1v) is 8.12. The molecule has 4 rings (SSSR count). The Morgan fingerprint density at radius 1 is 1.25 bits per heavy atom. The van der Waals surface area contributed by atoms with E-state index in [4.69, 9.17) is 0 Å². The fraction of sp³-hybridized carbons (Fsp3) is 0.562. The number of halogens is 3. The maximum atomic E-state index is 12.7. The van der Waals surface area contributed by atoms with Crippen molar-refractivity contribution in [1.82, 2.24) is 19.9 Å². The summed E-state index contributed by atoms with van der Waals surface area (Å²) >= 11 is 0. The lowest BCUT2D eigenvalue weighted by Crippen LogP contribution is -2.33. The van der Waals surface area contributed by atoms with Gasteiger partial charge >= 0.3 is 6.18 Å². The van der Waals surface area contributed by atoms with Crippen LogP contribution < -0.4 is 5.32 Å². The summed E-state index contributed by atoms with van der Waals surface area (Å²) in [7, 11) is 0. The van der Waals surface area contributed by atoms with Crippen LogP contribution >= 0.6 is 0 Å². The van der Waals surface area contributed by atoms with Crippen LogP contribution in [0.2, 0.25) is 0 Å². The zero-order chi connectivity index (χ0) is 16.9. The summed E-state index contributed by atoms with van der Waals surface area (Å²) < 4.78 is 39.6. The molecule has 2 aliphatic rings. The Morgan fingerprint density at radius 3 is 2.50 bits per heavy atom. The molecule has 0 aromatic carbocycles. The van der Waals surface area contributed by atoms with Gasteiger partial charge in [-0.05, 0) is 49.7 Å².